The van der Waals surface area contributed by atoms with Crippen LogP contribution in [0.5, 0.6) is 0 Å². The molecule has 2 N–H and O–H groups in total. The molecule has 0 saturated heterocycles. The first-order valence-electron chi connectivity index (χ1n) is 6.91. The van der Waals surface area contributed by atoms with Gasteiger partial charge in [-0.15, -0.1) is 0 Å². The van der Waals surface area contributed by atoms with E-state index < -0.39 is 36.2 Å². The fourth-order valence-electron chi connectivity index (χ4n) is 1.72. The number of methoxy groups -OCH3 is 1. The van der Waals surface area contributed by atoms with E-state index in [1.54, 1.807) is 27.7 Å². The van der Waals surface area contributed by atoms with Crippen LogP contribution in [0.2, 0.25) is 0 Å². The minimum atomic E-state index is -1.05. The second-order valence-corrected chi connectivity index (χ2v) is 5.80. The quantitative estimate of drug-likeness (QED) is 0.768. The Kier molecular flexibility index (Phi) is 7.35. The lowest BCUT2D eigenvalue weighted by Crippen LogP contribution is -2.55. The Bertz CT molecular complexity index is 389. The van der Waals surface area contributed by atoms with Crippen LogP contribution in [0.4, 0.5) is 4.79 Å². The fourth-order valence-corrected chi connectivity index (χ4v) is 1.72. The van der Waals surface area contributed by atoms with Gasteiger partial charge in [0.05, 0.1) is 13.7 Å². The van der Waals surface area contributed by atoms with Crippen molar-refractivity contribution >= 4 is 18.0 Å². The normalized spacial score (nSPS) is 14.0. The summed E-state index contributed by atoms with van der Waals surface area (Å²) >= 11 is 0. The number of hydrogen-bond acceptors (Lipinski definition) is 6. The van der Waals surface area contributed by atoms with Crippen molar-refractivity contribution in [2.75, 3.05) is 13.7 Å². The topological polar surface area (TPSA) is 98.9 Å². The molecule has 0 aromatic carbocycles. The van der Waals surface area contributed by atoms with Gasteiger partial charge >= 0.3 is 12.1 Å². The molecule has 21 heavy (non-hydrogen) atoms. The molecule has 0 unspecified atom stereocenters. The number of hydrogen-bond donors (Lipinski definition) is 1. The molecule has 0 bridgehead atoms. The zero-order valence-electron chi connectivity index (χ0n) is 13.6. The Labute approximate surface area is 125 Å². The van der Waals surface area contributed by atoms with E-state index in [9.17, 15) is 14.4 Å². The van der Waals surface area contributed by atoms with Crippen LogP contribution in [0.15, 0.2) is 0 Å². The predicted octanol–water partition coefficient (Wildman–Crippen LogP) is 1.30. The third-order valence-corrected chi connectivity index (χ3v) is 2.94. The van der Waals surface area contributed by atoms with Gasteiger partial charge in [-0.3, -0.25) is 4.79 Å². The number of nitrogens with two attached hydrogens (primary N) is 1. The number of ether oxygens (including phenoxy) is 2. The van der Waals surface area contributed by atoms with Crippen molar-refractivity contribution in [2.24, 2.45) is 11.7 Å². The van der Waals surface area contributed by atoms with Gasteiger partial charge in [-0.2, -0.15) is 0 Å². The van der Waals surface area contributed by atoms with E-state index in [2.05, 4.69) is 0 Å². The first-order valence-corrected chi connectivity index (χ1v) is 6.91. The molecule has 122 valence electrons. The van der Waals surface area contributed by atoms with E-state index in [0.717, 1.165) is 4.90 Å². The highest BCUT2D eigenvalue weighted by atomic mass is 16.6. The lowest BCUT2D eigenvalue weighted by molar-refractivity contribution is -0.154. The maximum absolute atomic E-state index is 12.3. The van der Waals surface area contributed by atoms with Gasteiger partial charge in [0.15, 0.2) is 0 Å². The maximum Gasteiger partial charge on any atom is 0.417 e. The molecule has 0 rings (SSSR count). The Morgan fingerprint density at radius 3 is 2.10 bits per heavy atom. The van der Waals surface area contributed by atoms with Gasteiger partial charge in [0.25, 0.3) is 0 Å². The minimum absolute atomic E-state index is 0.277. The van der Waals surface area contributed by atoms with Crippen molar-refractivity contribution in [3.8, 4) is 0 Å². The Morgan fingerprint density at radius 1 is 1.24 bits per heavy atom. The molecule has 0 aromatic rings. The van der Waals surface area contributed by atoms with Gasteiger partial charge in [0, 0.05) is 0 Å². The van der Waals surface area contributed by atoms with Gasteiger partial charge in [0.1, 0.15) is 11.6 Å². The molecule has 2 amide bonds. The molecule has 0 fully saturated rings. The summed E-state index contributed by atoms with van der Waals surface area (Å²) in [5.74, 6) is -1.63. The van der Waals surface area contributed by atoms with Crippen molar-refractivity contribution in [1.82, 2.24) is 4.90 Å². The summed E-state index contributed by atoms with van der Waals surface area (Å²) in [4.78, 5) is 37.0. The number of nitrogens with zero attached hydrogens (tertiary/aromatic N) is 1. The molecule has 0 spiro atoms. The Morgan fingerprint density at radius 2 is 1.76 bits per heavy atom. The van der Waals surface area contributed by atoms with E-state index in [4.69, 9.17) is 15.2 Å². The summed E-state index contributed by atoms with van der Waals surface area (Å²) < 4.78 is 9.91. The molecular formula is C14H26N2O5. The summed E-state index contributed by atoms with van der Waals surface area (Å²) in [6.07, 6.45) is -0.314. The van der Waals surface area contributed by atoms with E-state index >= 15 is 0 Å². The van der Waals surface area contributed by atoms with Gasteiger partial charge in [-0.25, -0.2) is 14.5 Å². The largest absolute Gasteiger partial charge is 0.467 e. The highest BCUT2D eigenvalue weighted by Crippen LogP contribution is 2.20. The summed E-state index contributed by atoms with van der Waals surface area (Å²) in [7, 11) is 1.21. The number of amides is 2. The van der Waals surface area contributed by atoms with Crippen LogP contribution < -0.4 is 5.73 Å². The van der Waals surface area contributed by atoms with Crippen molar-refractivity contribution in [3.63, 3.8) is 0 Å². The summed E-state index contributed by atoms with van der Waals surface area (Å²) in [6.45, 7) is 8.22. The first-order chi connectivity index (χ1) is 9.58. The summed E-state index contributed by atoms with van der Waals surface area (Å²) in [5, 5.41) is 0. The highest BCUT2D eigenvalue weighted by Gasteiger charge is 2.40. The van der Waals surface area contributed by atoms with E-state index in [-0.39, 0.29) is 5.92 Å². The molecule has 2 atom stereocenters. The standard InChI is InChI=1S/C14H26N2O5/c1-7-9(2)11(12(18)20-6)16(10(17)8-15)13(19)21-14(3,4)5/h9,11H,7-8,15H2,1-6H3/t9-,11-/m0/s1. The molecule has 7 nitrogen and oxygen atoms in total. The molecule has 0 aliphatic carbocycles. The molecule has 0 radical (unpaired) electrons. The molecular weight excluding hydrogens is 276 g/mol. The maximum atomic E-state index is 12.3. The van der Waals surface area contributed by atoms with Crippen LogP contribution in [-0.2, 0) is 19.1 Å². The molecule has 7 heteroatoms. The third kappa shape index (κ3) is 5.71. The number of imide groups is 1. The van der Waals surface area contributed by atoms with E-state index in [1.165, 1.54) is 7.11 Å². The zero-order valence-corrected chi connectivity index (χ0v) is 13.6. The van der Waals surface area contributed by atoms with Crippen LogP contribution in [0.25, 0.3) is 0 Å². The second kappa shape index (κ2) is 7.97. The lowest BCUT2D eigenvalue weighted by Gasteiger charge is -2.33. The number of rotatable bonds is 5. The van der Waals surface area contributed by atoms with Crippen molar-refractivity contribution in [1.29, 1.82) is 0 Å². The fraction of sp³-hybridized carbons (Fsp3) is 0.786. The van der Waals surface area contributed by atoms with Crippen LogP contribution in [0.3, 0.4) is 0 Å². The van der Waals surface area contributed by atoms with Gasteiger partial charge in [0.2, 0.25) is 5.91 Å². The molecule has 0 aromatic heterocycles. The highest BCUT2D eigenvalue weighted by molar-refractivity contribution is 5.97. The first kappa shape index (κ1) is 19.4. The molecule has 0 aliphatic rings. The van der Waals surface area contributed by atoms with Crippen molar-refractivity contribution in [2.45, 2.75) is 52.7 Å². The van der Waals surface area contributed by atoms with Crippen LogP contribution in [0, 0.1) is 5.92 Å². The predicted molar refractivity (Wildman–Crippen MR) is 77.4 cm³/mol. The average molecular weight is 302 g/mol. The van der Waals surface area contributed by atoms with Crippen LogP contribution in [0.1, 0.15) is 41.0 Å². The second-order valence-electron chi connectivity index (χ2n) is 5.80. The summed E-state index contributed by atoms with van der Waals surface area (Å²) in [5.41, 5.74) is 4.55. The van der Waals surface area contributed by atoms with Crippen LogP contribution in [-0.4, -0.2) is 48.2 Å². The minimum Gasteiger partial charge on any atom is -0.467 e. The van der Waals surface area contributed by atoms with Crippen molar-refractivity contribution < 1.29 is 23.9 Å². The SMILES string of the molecule is CC[C@H](C)[C@@H](C(=O)OC)N(C(=O)CN)C(=O)OC(C)(C)C. The summed E-state index contributed by atoms with van der Waals surface area (Å²) in [6, 6.07) is -1.05. The van der Waals surface area contributed by atoms with Crippen LogP contribution >= 0.6 is 0 Å². The van der Waals surface area contributed by atoms with Gasteiger partial charge < -0.3 is 15.2 Å². The smallest absolute Gasteiger partial charge is 0.417 e. The monoisotopic (exact) mass is 302 g/mol. The average Bonchev–Trinajstić information content (AvgIpc) is 2.40. The molecule has 0 saturated carbocycles. The third-order valence-electron chi connectivity index (χ3n) is 2.94. The van der Waals surface area contributed by atoms with E-state index in [1.807, 2.05) is 6.92 Å². The molecule has 0 heterocycles. The number of carbonyl (C=O) groups is 3. The lowest BCUT2D eigenvalue weighted by atomic mass is 9.97. The molecule has 0 aliphatic heterocycles. The van der Waals surface area contributed by atoms with Crippen molar-refractivity contribution in [3.05, 3.63) is 0 Å². The number of esters is 1. The Balaban J connectivity index is 5.58. The van der Waals surface area contributed by atoms with Gasteiger partial charge in [-0.1, -0.05) is 20.3 Å². The Hall–Kier alpha value is -1.63. The zero-order chi connectivity index (χ0) is 16.8. The van der Waals surface area contributed by atoms with E-state index in [0.29, 0.717) is 6.42 Å². The van der Waals surface area contributed by atoms with Gasteiger partial charge in [-0.05, 0) is 26.7 Å². The number of carbonyl (C=O) groups excluding carboxylic acids is 3.